The zero-order valence-corrected chi connectivity index (χ0v) is 16.0. The Morgan fingerprint density at radius 2 is 2.11 bits per heavy atom. The summed E-state index contributed by atoms with van der Waals surface area (Å²) >= 11 is 0. The van der Waals surface area contributed by atoms with E-state index >= 15 is 0 Å². The van der Waals surface area contributed by atoms with Gasteiger partial charge in [-0.3, -0.25) is 9.36 Å². The van der Waals surface area contributed by atoms with Crippen LogP contribution in [0.25, 0.3) is 17.3 Å². The molecule has 0 saturated heterocycles. The summed E-state index contributed by atoms with van der Waals surface area (Å²) in [6, 6.07) is 3.97. The first-order valence-corrected chi connectivity index (χ1v) is 9.87. The number of nitrogens with one attached hydrogen (secondary N) is 1. The molecule has 1 saturated carbocycles. The van der Waals surface area contributed by atoms with Crippen molar-refractivity contribution in [3.63, 3.8) is 0 Å². The Bertz CT molecular complexity index is 924. The fraction of sp³-hybridized carbons (Fsp3) is 0.450. The average molecular weight is 380 g/mol. The number of imidazole rings is 1. The van der Waals surface area contributed by atoms with Crippen LogP contribution in [0.2, 0.25) is 0 Å². The maximum absolute atomic E-state index is 12.4. The first-order chi connectivity index (χ1) is 13.7. The highest BCUT2D eigenvalue weighted by molar-refractivity contribution is 5.92. The van der Waals surface area contributed by atoms with E-state index in [-0.39, 0.29) is 11.9 Å². The third kappa shape index (κ3) is 4.11. The van der Waals surface area contributed by atoms with E-state index in [9.17, 15) is 4.79 Å². The van der Waals surface area contributed by atoms with Crippen molar-refractivity contribution in [1.29, 1.82) is 0 Å². The predicted molar refractivity (Wildman–Crippen MR) is 103 cm³/mol. The van der Waals surface area contributed by atoms with Gasteiger partial charge in [-0.2, -0.15) is 4.98 Å². The topological polar surface area (TPSA) is 98.7 Å². The van der Waals surface area contributed by atoms with Crippen molar-refractivity contribution in [2.75, 3.05) is 0 Å². The quantitative estimate of drug-likeness (QED) is 0.704. The molecule has 146 valence electrons. The van der Waals surface area contributed by atoms with Crippen LogP contribution < -0.4 is 5.32 Å². The van der Waals surface area contributed by atoms with Gasteiger partial charge in [-0.25, -0.2) is 9.97 Å². The van der Waals surface area contributed by atoms with Crippen molar-refractivity contribution in [3.8, 4) is 17.3 Å². The van der Waals surface area contributed by atoms with Crippen molar-refractivity contribution < 1.29 is 9.32 Å². The molecule has 0 aliphatic heterocycles. The third-order valence-corrected chi connectivity index (χ3v) is 4.96. The van der Waals surface area contributed by atoms with Gasteiger partial charge in [0.15, 0.2) is 5.82 Å². The predicted octanol–water partition coefficient (Wildman–Crippen LogP) is 3.33. The van der Waals surface area contributed by atoms with Gasteiger partial charge in [-0.05, 0) is 31.4 Å². The van der Waals surface area contributed by atoms with Crippen LogP contribution >= 0.6 is 0 Å². The summed E-state index contributed by atoms with van der Waals surface area (Å²) in [4.78, 5) is 25.4. The lowest BCUT2D eigenvalue weighted by Gasteiger charge is -2.22. The first-order valence-electron chi connectivity index (χ1n) is 9.87. The van der Waals surface area contributed by atoms with Crippen LogP contribution in [0, 0.1) is 0 Å². The number of rotatable bonds is 6. The van der Waals surface area contributed by atoms with Crippen LogP contribution in [0.5, 0.6) is 0 Å². The van der Waals surface area contributed by atoms with Crippen LogP contribution in [0.3, 0.4) is 0 Å². The zero-order chi connectivity index (χ0) is 19.3. The Morgan fingerprint density at radius 3 is 2.86 bits per heavy atom. The summed E-state index contributed by atoms with van der Waals surface area (Å²) in [7, 11) is 0. The Hall–Kier alpha value is -3.03. The summed E-state index contributed by atoms with van der Waals surface area (Å²) in [5.41, 5.74) is 1.16. The molecule has 3 heterocycles. The molecule has 4 rings (SSSR count). The molecule has 28 heavy (non-hydrogen) atoms. The van der Waals surface area contributed by atoms with Gasteiger partial charge in [0.2, 0.25) is 0 Å². The molecule has 8 heteroatoms. The second-order valence-corrected chi connectivity index (χ2v) is 7.15. The van der Waals surface area contributed by atoms with Gasteiger partial charge in [-0.15, -0.1) is 0 Å². The highest BCUT2D eigenvalue weighted by Gasteiger charge is 2.18. The Balaban J connectivity index is 1.43. The minimum absolute atomic E-state index is 0.128. The minimum Gasteiger partial charge on any atom is -0.348 e. The molecule has 1 fully saturated rings. The van der Waals surface area contributed by atoms with E-state index in [1.165, 1.54) is 19.3 Å². The molecule has 0 bridgehead atoms. The van der Waals surface area contributed by atoms with Crippen molar-refractivity contribution >= 4 is 5.91 Å². The number of carbonyl (C=O) groups excluding carboxylic acids is 1. The molecule has 0 unspecified atom stereocenters. The van der Waals surface area contributed by atoms with Crippen LogP contribution in [-0.4, -0.2) is 36.6 Å². The highest BCUT2D eigenvalue weighted by Crippen LogP contribution is 2.19. The fourth-order valence-electron chi connectivity index (χ4n) is 3.43. The van der Waals surface area contributed by atoms with E-state index in [1.54, 1.807) is 23.3 Å². The average Bonchev–Trinajstić information content (AvgIpc) is 3.39. The van der Waals surface area contributed by atoms with E-state index in [0.29, 0.717) is 23.2 Å². The SMILES string of the molecule is CCCc1noc(-c2ccc(-n3cnc(C(=O)NC4CCCCC4)c3)nc2)n1. The molecule has 1 N–H and O–H groups in total. The smallest absolute Gasteiger partial charge is 0.271 e. The van der Waals surface area contributed by atoms with Gasteiger partial charge in [0.25, 0.3) is 11.8 Å². The largest absolute Gasteiger partial charge is 0.348 e. The van der Waals surface area contributed by atoms with Crippen molar-refractivity contribution in [2.24, 2.45) is 0 Å². The highest BCUT2D eigenvalue weighted by atomic mass is 16.5. The summed E-state index contributed by atoms with van der Waals surface area (Å²) in [5.74, 6) is 1.70. The molecule has 0 radical (unpaired) electrons. The normalized spacial score (nSPS) is 14.9. The van der Waals surface area contributed by atoms with Crippen molar-refractivity contribution in [2.45, 2.75) is 57.9 Å². The second kappa shape index (κ2) is 8.33. The van der Waals surface area contributed by atoms with Crippen molar-refractivity contribution in [1.82, 2.24) is 30.0 Å². The Kier molecular flexibility index (Phi) is 5.45. The Morgan fingerprint density at radius 1 is 1.25 bits per heavy atom. The molecular formula is C20H24N6O2. The summed E-state index contributed by atoms with van der Waals surface area (Å²) in [6.45, 7) is 2.07. The first kappa shape index (κ1) is 18.3. The summed E-state index contributed by atoms with van der Waals surface area (Å²) in [6.07, 6.45) is 12.4. The van der Waals surface area contributed by atoms with E-state index < -0.39 is 0 Å². The minimum atomic E-state index is -0.128. The molecule has 0 spiro atoms. The number of hydrogen-bond donors (Lipinski definition) is 1. The van der Waals surface area contributed by atoms with Crippen LogP contribution in [0.15, 0.2) is 35.4 Å². The standard InChI is InChI=1S/C20H24N6O2/c1-2-6-17-24-20(28-25-17)14-9-10-18(21-11-14)26-12-16(22-13-26)19(27)23-15-7-4-3-5-8-15/h9-13,15H,2-8H2,1H3,(H,23,27). The number of hydrogen-bond acceptors (Lipinski definition) is 6. The lowest BCUT2D eigenvalue weighted by molar-refractivity contribution is 0.0923. The van der Waals surface area contributed by atoms with Crippen molar-refractivity contribution in [3.05, 3.63) is 42.4 Å². The van der Waals surface area contributed by atoms with Crippen LogP contribution in [-0.2, 0) is 6.42 Å². The lowest BCUT2D eigenvalue weighted by atomic mass is 9.95. The van der Waals surface area contributed by atoms with Gasteiger partial charge in [0.1, 0.15) is 17.8 Å². The number of carbonyl (C=O) groups is 1. The fourth-order valence-corrected chi connectivity index (χ4v) is 3.43. The van der Waals surface area contributed by atoms with Crippen LogP contribution in [0.1, 0.15) is 61.8 Å². The molecule has 0 aromatic carbocycles. The van der Waals surface area contributed by atoms with E-state index in [1.807, 2.05) is 12.1 Å². The van der Waals surface area contributed by atoms with Gasteiger partial charge < -0.3 is 9.84 Å². The van der Waals surface area contributed by atoms with E-state index in [2.05, 4.69) is 32.3 Å². The number of amides is 1. The molecule has 3 aromatic rings. The number of aromatic nitrogens is 5. The number of aryl methyl sites for hydroxylation is 1. The van der Waals surface area contributed by atoms with Crippen LogP contribution in [0.4, 0.5) is 0 Å². The lowest BCUT2D eigenvalue weighted by Crippen LogP contribution is -2.36. The maximum atomic E-state index is 12.4. The molecular weight excluding hydrogens is 356 g/mol. The van der Waals surface area contributed by atoms with Gasteiger partial charge in [-0.1, -0.05) is 31.3 Å². The summed E-state index contributed by atoms with van der Waals surface area (Å²) in [5, 5.41) is 7.04. The number of pyridine rings is 1. The maximum Gasteiger partial charge on any atom is 0.271 e. The third-order valence-electron chi connectivity index (χ3n) is 4.96. The second-order valence-electron chi connectivity index (χ2n) is 7.15. The molecule has 1 aliphatic rings. The van der Waals surface area contributed by atoms with E-state index in [4.69, 9.17) is 4.52 Å². The van der Waals surface area contributed by atoms with Gasteiger partial charge in [0.05, 0.1) is 5.56 Å². The molecule has 1 amide bonds. The van der Waals surface area contributed by atoms with Gasteiger partial charge in [0, 0.05) is 24.9 Å². The zero-order valence-electron chi connectivity index (χ0n) is 16.0. The number of nitrogens with zero attached hydrogens (tertiary/aromatic N) is 5. The van der Waals surface area contributed by atoms with Gasteiger partial charge >= 0.3 is 0 Å². The molecule has 8 nitrogen and oxygen atoms in total. The Labute approximate surface area is 163 Å². The molecule has 0 atom stereocenters. The summed E-state index contributed by atoms with van der Waals surface area (Å²) < 4.78 is 7.02. The monoisotopic (exact) mass is 380 g/mol. The molecule has 1 aliphatic carbocycles. The molecule has 3 aromatic heterocycles. The van der Waals surface area contributed by atoms with E-state index in [0.717, 1.165) is 31.2 Å².